The number of nitrogens with zero attached hydrogens (tertiary/aromatic N) is 1. The number of fused-ring (bicyclic) bond motifs is 1. The summed E-state index contributed by atoms with van der Waals surface area (Å²) in [6.45, 7) is 5.21. The van der Waals surface area contributed by atoms with Crippen LogP contribution in [0.15, 0.2) is 30.5 Å². The average Bonchev–Trinajstić information content (AvgIpc) is 2.69. The Morgan fingerprint density at radius 3 is 2.94 bits per heavy atom. The average molecular weight is 237 g/mol. The van der Waals surface area contributed by atoms with Crippen LogP contribution in [0.25, 0.3) is 10.9 Å². The van der Waals surface area contributed by atoms with Gasteiger partial charge in [0.05, 0.1) is 10.5 Å². The molecule has 1 heterocycles. The lowest BCUT2D eigenvalue weighted by Crippen LogP contribution is -2.20. The summed E-state index contributed by atoms with van der Waals surface area (Å²) in [5.41, 5.74) is 1.14. The largest absolute Gasteiger partial charge is 0.345 e. The van der Waals surface area contributed by atoms with Crippen molar-refractivity contribution in [3.8, 4) is 0 Å². The summed E-state index contributed by atoms with van der Waals surface area (Å²) >= 11 is 6.20. The Kier molecular flexibility index (Phi) is 3.86. The summed E-state index contributed by atoms with van der Waals surface area (Å²) in [7, 11) is 0. The quantitative estimate of drug-likeness (QED) is 0.789. The van der Waals surface area contributed by atoms with Crippen molar-refractivity contribution in [1.29, 1.82) is 0 Å². The summed E-state index contributed by atoms with van der Waals surface area (Å²) in [6, 6.07) is 8.14. The fourth-order valence-corrected chi connectivity index (χ4v) is 2.19. The molecule has 0 fully saturated rings. The summed E-state index contributed by atoms with van der Waals surface area (Å²) in [6.07, 6.45) is 3.28. The van der Waals surface area contributed by atoms with E-state index in [0.717, 1.165) is 30.2 Å². The smallest absolute Gasteiger partial charge is 0.0670 e. The van der Waals surface area contributed by atoms with E-state index in [1.807, 2.05) is 12.1 Å². The van der Waals surface area contributed by atoms with Gasteiger partial charge in [-0.1, -0.05) is 30.7 Å². The summed E-state index contributed by atoms with van der Waals surface area (Å²) in [4.78, 5) is 0. The minimum absolute atomic E-state index is 0.831. The molecule has 1 aromatic heterocycles. The molecule has 0 saturated carbocycles. The highest BCUT2D eigenvalue weighted by Crippen LogP contribution is 2.23. The van der Waals surface area contributed by atoms with Crippen LogP contribution >= 0.6 is 11.6 Å². The third-order valence-electron chi connectivity index (χ3n) is 2.70. The summed E-state index contributed by atoms with van der Waals surface area (Å²) in [5, 5.41) is 5.44. The van der Waals surface area contributed by atoms with Crippen molar-refractivity contribution in [3.63, 3.8) is 0 Å². The Bertz CT molecular complexity index is 462. The van der Waals surface area contributed by atoms with E-state index < -0.39 is 0 Å². The molecule has 16 heavy (non-hydrogen) atoms. The van der Waals surface area contributed by atoms with Crippen LogP contribution in [0.5, 0.6) is 0 Å². The van der Waals surface area contributed by atoms with Gasteiger partial charge in [-0.15, -0.1) is 0 Å². The van der Waals surface area contributed by atoms with Gasteiger partial charge in [0.15, 0.2) is 0 Å². The first kappa shape index (κ1) is 11.5. The van der Waals surface area contributed by atoms with Gasteiger partial charge >= 0.3 is 0 Å². The van der Waals surface area contributed by atoms with Crippen molar-refractivity contribution in [2.45, 2.75) is 19.9 Å². The number of nitrogens with one attached hydrogen (secondary N) is 1. The second-order valence-corrected chi connectivity index (χ2v) is 4.34. The molecule has 86 valence electrons. The predicted molar refractivity (Wildman–Crippen MR) is 70.1 cm³/mol. The van der Waals surface area contributed by atoms with Crippen molar-refractivity contribution in [2.75, 3.05) is 13.1 Å². The molecule has 1 N–H and O–H groups in total. The minimum atomic E-state index is 0.831. The van der Waals surface area contributed by atoms with Crippen molar-refractivity contribution < 1.29 is 0 Å². The summed E-state index contributed by atoms with van der Waals surface area (Å²) in [5.74, 6) is 0. The van der Waals surface area contributed by atoms with Gasteiger partial charge in [0.1, 0.15) is 0 Å². The highest BCUT2D eigenvalue weighted by atomic mass is 35.5. The molecule has 0 amide bonds. The molecular formula is C13H17ClN2. The first-order valence-corrected chi connectivity index (χ1v) is 6.15. The Morgan fingerprint density at radius 2 is 2.12 bits per heavy atom. The number of hydrogen-bond donors (Lipinski definition) is 1. The zero-order valence-electron chi connectivity index (χ0n) is 9.54. The molecule has 0 unspecified atom stereocenters. The van der Waals surface area contributed by atoms with E-state index in [1.165, 1.54) is 11.8 Å². The van der Waals surface area contributed by atoms with E-state index in [-0.39, 0.29) is 0 Å². The van der Waals surface area contributed by atoms with Crippen molar-refractivity contribution >= 4 is 22.5 Å². The standard InChI is InChI=1S/C13H17ClN2/c1-2-7-15-8-10-16-9-6-11-4-3-5-12(14)13(11)16/h3-6,9,15H,2,7-8,10H2,1H3. The van der Waals surface area contributed by atoms with Gasteiger partial charge in [-0.25, -0.2) is 0 Å². The summed E-state index contributed by atoms with van der Waals surface area (Å²) < 4.78 is 2.21. The molecule has 1 aromatic carbocycles. The molecule has 0 atom stereocenters. The number of benzene rings is 1. The van der Waals surface area contributed by atoms with E-state index in [4.69, 9.17) is 11.6 Å². The van der Waals surface area contributed by atoms with Gasteiger partial charge in [0.2, 0.25) is 0 Å². The second kappa shape index (κ2) is 5.37. The van der Waals surface area contributed by atoms with E-state index in [1.54, 1.807) is 0 Å². The topological polar surface area (TPSA) is 17.0 Å². The van der Waals surface area contributed by atoms with Crippen LogP contribution in [0.4, 0.5) is 0 Å². The molecule has 0 spiro atoms. The van der Waals surface area contributed by atoms with E-state index in [0.29, 0.717) is 0 Å². The van der Waals surface area contributed by atoms with Crippen LogP contribution in [0.1, 0.15) is 13.3 Å². The molecule has 0 aliphatic rings. The molecule has 0 bridgehead atoms. The molecule has 0 aliphatic carbocycles. The first-order valence-electron chi connectivity index (χ1n) is 5.77. The molecule has 0 radical (unpaired) electrons. The first-order chi connectivity index (χ1) is 7.83. The van der Waals surface area contributed by atoms with Gasteiger partial charge in [0, 0.05) is 24.7 Å². The monoisotopic (exact) mass is 236 g/mol. The molecule has 3 heteroatoms. The maximum atomic E-state index is 6.20. The van der Waals surface area contributed by atoms with Crippen molar-refractivity contribution in [3.05, 3.63) is 35.5 Å². The number of para-hydroxylation sites is 1. The number of halogens is 1. The van der Waals surface area contributed by atoms with Gasteiger partial charge in [-0.2, -0.15) is 0 Å². The minimum Gasteiger partial charge on any atom is -0.345 e. The third-order valence-corrected chi connectivity index (χ3v) is 3.00. The number of hydrogen-bond acceptors (Lipinski definition) is 1. The van der Waals surface area contributed by atoms with Crippen LogP contribution < -0.4 is 5.32 Å². The predicted octanol–water partition coefficient (Wildman–Crippen LogP) is 3.29. The van der Waals surface area contributed by atoms with Crippen LogP contribution in [0, 0.1) is 0 Å². The van der Waals surface area contributed by atoms with E-state index >= 15 is 0 Å². The highest BCUT2D eigenvalue weighted by molar-refractivity contribution is 6.35. The Balaban J connectivity index is 2.12. The Hall–Kier alpha value is -0.990. The fourth-order valence-electron chi connectivity index (χ4n) is 1.90. The van der Waals surface area contributed by atoms with Gasteiger partial charge in [0.25, 0.3) is 0 Å². The molecule has 2 rings (SSSR count). The maximum absolute atomic E-state index is 6.20. The second-order valence-electron chi connectivity index (χ2n) is 3.94. The number of rotatable bonds is 5. The van der Waals surface area contributed by atoms with Crippen molar-refractivity contribution in [1.82, 2.24) is 9.88 Å². The highest BCUT2D eigenvalue weighted by Gasteiger charge is 2.03. The van der Waals surface area contributed by atoms with Gasteiger partial charge in [-0.3, -0.25) is 0 Å². The lowest BCUT2D eigenvalue weighted by atomic mass is 10.2. The molecule has 0 saturated heterocycles. The van der Waals surface area contributed by atoms with E-state index in [2.05, 4.69) is 35.1 Å². The maximum Gasteiger partial charge on any atom is 0.0670 e. The van der Waals surface area contributed by atoms with Crippen molar-refractivity contribution in [2.24, 2.45) is 0 Å². The SMILES string of the molecule is CCCNCCn1ccc2cccc(Cl)c21. The molecule has 2 aromatic rings. The lowest BCUT2D eigenvalue weighted by Gasteiger charge is -2.07. The lowest BCUT2D eigenvalue weighted by molar-refractivity contribution is 0.604. The zero-order valence-corrected chi connectivity index (χ0v) is 10.3. The van der Waals surface area contributed by atoms with Crippen LogP contribution in [0.2, 0.25) is 5.02 Å². The molecule has 0 aliphatic heterocycles. The third kappa shape index (κ3) is 2.39. The normalized spacial score (nSPS) is 11.1. The van der Waals surface area contributed by atoms with Gasteiger partial charge in [-0.05, 0) is 25.1 Å². The molecule has 2 nitrogen and oxygen atoms in total. The van der Waals surface area contributed by atoms with Crippen LogP contribution in [-0.2, 0) is 6.54 Å². The van der Waals surface area contributed by atoms with Crippen LogP contribution in [0.3, 0.4) is 0 Å². The fraction of sp³-hybridized carbons (Fsp3) is 0.385. The Morgan fingerprint density at radius 1 is 1.25 bits per heavy atom. The molecular weight excluding hydrogens is 220 g/mol. The Labute approximate surface area is 101 Å². The zero-order chi connectivity index (χ0) is 11.4. The van der Waals surface area contributed by atoms with Crippen LogP contribution in [-0.4, -0.2) is 17.7 Å². The van der Waals surface area contributed by atoms with Gasteiger partial charge < -0.3 is 9.88 Å². The number of aromatic nitrogens is 1. The van der Waals surface area contributed by atoms with E-state index in [9.17, 15) is 0 Å².